The quantitative estimate of drug-likeness (QED) is 0.544. The zero-order valence-electron chi connectivity index (χ0n) is 17.7. The fourth-order valence-corrected chi connectivity index (χ4v) is 4.63. The summed E-state index contributed by atoms with van der Waals surface area (Å²) in [6.45, 7) is 0.371. The molecule has 6 nitrogen and oxygen atoms in total. The van der Waals surface area contributed by atoms with Crippen LogP contribution < -0.4 is 15.0 Å². The first-order chi connectivity index (χ1) is 15.6. The zero-order chi connectivity index (χ0) is 22.3. The van der Waals surface area contributed by atoms with Gasteiger partial charge in [-0.3, -0.25) is 14.5 Å². The zero-order valence-corrected chi connectivity index (χ0v) is 18.5. The number of methoxy groups -OCH3 is 1. The molecule has 7 heteroatoms. The SMILES string of the molecule is COc1ccc(N2C(=O)CSC2c2ccc(NC(=O)COCc3ccccc3)cc2)cc1. The van der Waals surface area contributed by atoms with Gasteiger partial charge in [0, 0.05) is 11.4 Å². The van der Waals surface area contributed by atoms with Crippen molar-refractivity contribution in [2.45, 2.75) is 12.0 Å². The molecule has 1 aliphatic heterocycles. The molecular weight excluding hydrogens is 424 g/mol. The highest BCUT2D eigenvalue weighted by atomic mass is 32.2. The molecule has 1 unspecified atom stereocenters. The van der Waals surface area contributed by atoms with Gasteiger partial charge in [0.25, 0.3) is 0 Å². The van der Waals surface area contributed by atoms with Crippen molar-refractivity contribution < 1.29 is 19.1 Å². The lowest BCUT2D eigenvalue weighted by molar-refractivity contribution is -0.121. The molecule has 2 amide bonds. The molecule has 0 bridgehead atoms. The number of anilines is 2. The molecule has 1 atom stereocenters. The fourth-order valence-electron chi connectivity index (χ4n) is 3.46. The number of rotatable bonds is 8. The maximum Gasteiger partial charge on any atom is 0.250 e. The van der Waals surface area contributed by atoms with Crippen LogP contribution in [0.4, 0.5) is 11.4 Å². The number of amides is 2. The number of nitrogens with one attached hydrogen (secondary N) is 1. The summed E-state index contributed by atoms with van der Waals surface area (Å²) in [6.07, 6.45) is 0. The van der Waals surface area contributed by atoms with E-state index in [-0.39, 0.29) is 23.8 Å². The van der Waals surface area contributed by atoms with Crippen LogP contribution in [0.1, 0.15) is 16.5 Å². The summed E-state index contributed by atoms with van der Waals surface area (Å²) in [6, 6.07) is 24.8. The average Bonchev–Trinajstić information content (AvgIpc) is 3.21. The average molecular weight is 449 g/mol. The monoisotopic (exact) mass is 448 g/mol. The third-order valence-corrected chi connectivity index (χ3v) is 6.26. The number of carbonyl (C=O) groups is 2. The van der Waals surface area contributed by atoms with E-state index in [0.717, 1.165) is 22.6 Å². The number of benzene rings is 3. The molecular formula is C25H24N2O4S. The topological polar surface area (TPSA) is 67.9 Å². The first-order valence-electron chi connectivity index (χ1n) is 10.2. The number of nitrogens with zero attached hydrogens (tertiary/aromatic N) is 1. The summed E-state index contributed by atoms with van der Waals surface area (Å²) in [5, 5.41) is 2.73. The van der Waals surface area contributed by atoms with Crippen molar-refractivity contribution in [3.05, 3.63) is 90.0 Å². The lowest BCUT2D eigenvalue weighted by atomic mass is 10.1. The summed E-state index contributed by atoms with van der Waals surface area (Å²) in [5.41, 5.74) is 3.54. The van der Waals surface area contributed by atoms with Crippen LogP contribution in [-0.2, 0) is 20.9 Å². The molecule has 1 N–H and O–H groups in total. The van der Waals surface area contributed by atoms with Crippen molar-refractivity contribution in [2.75, 3.05) is 29.7 Å². The van der Waals surface area contributed by atoms with Gasteiger partial charge in [0.2, 0.25) is 11.8 Å². The van der Waals surface area contributed by atoms with Crippen molar-refractivity contribution in [3.8, 4) is 5.75 Å². The largest absolute Gasteiger partial charge is 0.497 e. The van der Waals surface area contributed by atoms with Crippen LogP contribution in [0, 0.1) is 0 Å². The molecule has 1 aliphatic rings. The van der Waals surface area contributed by atoms with E-state index in [2.05, 4.69) is 5.32 Å². The highest BCUT2D eigenvalue weighted by Gasteiger charge is 2.34. The molecule has 0 aliphatic carbocycles. The van der Waals surface area contributed by atoms with E-state index < -0.39 is 0 Å². The standard InChI is InChI=1S/C25H24N2O4S/c1-30-22-13-11-21(12-14-22)27-24(29)17-32-25(27)19-7-9-20(10-8-19)26-23(28)16-31-15-18-5-3-2-4-6-18/h2-14,25H,15-17H2,1H3,(H,26,28). The van der Waals surface area contributed by atoms with E-state index in [9.17, 15) is 9.59 Å². The maximum absolute atomic E-state index is 12.5. The van der Waals surface area contributed by atoms with Crippen LogP contribution in [0.2, 0.25) is 0 Å². The second kappa shape index (κ2) is 10.3. The number of carbonyl (C=O) groups excluding carboxylic acids is 2. The molecule has 0 radical (unpaired) electrons. The molecule has 4 rings (SSSR count). The Morgan fingerprint density at radius 2 is 1.75 bits per heavy atom. The predicted molar refractivity (Wildman–Crippen MR) is 127 cm³/mol. The van der Waals surface area contributed by atoms with Crippen molar-refractivity contribution in [3.63, 3.8) is 0 Å². The Kier molecular flexibility index (Phi) is 7.09. The van der Waals surface area contributed by atoms with Crippen molar-refractivity contribution in [1.82, 2.24) is 0 Å². The Bertz CT molecular complexity index is 1060. The number of hydrogen-bond acceptors (Lipinski definition) is 5. The first-order valence-corrected chi connectivity index (χ1v) is 11.3. The van der Waals surface area contributed by atoms with Gasteiger partial charge < -0.3 is 14.8 Å². The minimum absolute atomic E-state index is 0.0190. The smallest absolute Gasteiger partial charge is 0.250 e. The predicted octanol–water partition coefficient (Wildman–Crippen LogP) is 4.63. The van der Waals surface area contributed by atoms with Crippen LogP contribution >= 0.6 is 11.8 Å². The molecule has 0 aromatic heterocycles. The van der Waals surface area contributed by atoms with E-state index in [0.29, 0.717) is 18.0 Å². The molecule has 1 saturated heterocycles. The lowest BCUT2D eigenvalue weighted by Crippen LogP contribution is -2.27. The van der Waals surface area contributed by atoms with Crippen LogP contribution in [0.3, 0.4) is 0 Å². The Morgan fingerprint density at radius 3 is 2.44 bits per heavy atom. The van der Waals surface area contributed by atoms with E-state index in [1.807, 2.05) is 78.9 Å². The number of ether oxygens (including phenoxy) is 2. The maximum atomic E-state index is 12.5. The van der Waals surface area contributed by atoms with Crippen LogP contribution in [0.15, 0.2) is 78.9 Å². The minimum atomic E-state index is -0.209. The Hall–Kier alpha value is -3.29. The van der Waals surface area contributed by atoms with Crippen LogP contribution in [0.5, 0.6) is 5.75 Å². The highest BCUT2D eigenvalue weighted by Crippen LogP contribution is 2.42. The Labute approximate surface area is 191 Å². The molecule has 3 aromatic carbocycles. The van der Waals surface area contributed by atoms with Crippen LogP contribution in [-0.4, -0.2) is 31.3 Å². The highest BCUT2D eigenvalue weighted by molar-refractivity contribution is 8.00. The molecule has 0 spiro atoms. The van der Waals surface area contributed by atoms with Gasteiger partial charge in [0.1, 0.15) is 17.7 Å². The lowest BCUT2D eigenvalue weighted by Gasteiger charge is -2.24. The molecule has 32 heavy (non-hydrogen) atoms. The van der Waals surface area contributed by atoms with Crippen molar-refractivity contribution in [1.29, 1.82) is 0 Å². The summed E-state index contributed by atoms with van der Waals surface area (Å²) < 4.78 is 10.7. The van der Waals surface area contributed by atoms with E-state index in [1.165, 1.54) is 0 Å². The number of thioether (sulfide) groups is 1. The number of hydrogen-bond donors (Lipinski definition) is 1. The van der Waals surface area contributed by atoms with E-state index >= 15 is 0 Å². The van der Waals surface area contributed by atoms with Gasteiger partial charge in [-0.25, -0.2) is 0 Å². The van der Waals surface area contributed by atoms with Crippen molar-refractivity contribution in [2.24, 2.45) is 0 Å². The van der Waals surface area contributed by atoms with Gasteiger partial charge in [-0.05, 0) is 47.5 Å². The fraction of sp³-hybridized carbons (Fsp3) is 0.200. The van der Waals surface area contributed by atoms with E-state index in [4.69, 9.17) is 9.47 Å². The van der Waals surface area contributed by atoms with Crippen LogP contribution in [0.25, 0.3) is 0 Å². The Balaban J connectivity index is 1.35. The van der Waals surface area contributed by atoms with Gasteiger partial charge in [0.05, 0.1) is 19.5 Å². The molecule has 164 valence electrons. The molecule has 3 aromatic rings. The third-order valence-electron chi connectivity index (χ3n) is 5.04. The molecule has 0 saturated carbocycles. The molecule has 1 fully saturated rings. The van der Waals surface area contributed by atoms with Gasteiger partial charge in [0.15, 0.2) is 0 Å². The van der Waals surface area contributed by atoms with Gasteiger partial charge in [-0.15, -0.1) is 11.8 Å². The first kappa shape index (κ1) is 21.9. The Morgan fingerprint density at radius 1 is 1.03 bits per heavy atom. The normalized spacial score (nSPS) is 15.6. The minimum Gasteiger partial charge on any atom is -0.497 e. The molecule has 1 heterocycles. The van der Waals surface area contributed by atoms with E-state index in [1.54, 1.807) is 23.8 Å². The second-order valence-corrected chi connectivity index (χ2v) is 8.34. The van der Waals surface area contributed by atoms with Gasteiger partial charge >= 0.3 is 0 Å². The third kappa shape index (κ3) is 5.30. The summed E-state index contributed by atoms with van der Waals surface area (Å²) in [7, 11) is 1.62. The second-order valence-electron chi connectivity index (χ2n) is 7.27. The summed E-state index contributed by atoms with van der Waals surface area (Å²) in [5.74, 6) is 1.03. The van der Waals surface area contributed by atoms with Crippen molar-refractivity contribution >= 4 is 35.0 Å². The van der Waals surface area contributed by atoms with Gasteiger partial charge in [-0.2, -0.15) is 0 Å². The summed E-state index contributed by atoms with van der Waals surface area (Å²) >= 11 is 1.58. The van der Waals surface area contributed by atoms with Gasteiger partial charge in [-0.1, -0.05) is 42.5 Å². The summed E-state index contributed by atoms with van der Waals surface area (Å²) in [4.78, 5) is 26.5.